The lowest BCUT2D eigenvalue weighted by atomic mass is 10.4. The molecule has 0 aromatic heterocycles. The van der Waals surface area contributed by atoms with Crippen LogP contribution in [0.4, 0.5) is 4.79 Å². The minimum Gasteiger partial charge on any atom is -0.273 e. The van der Waals surface area contributed by atoms with Gasteiger partial charge in [0, 0.05) is 25.0 Å². The topological polar surface area (TPSA) is 20.3 Å². The van der Waals surface area contributed by atoms with Gasteiger partial charge in [0.15, 0.2) is 0 Å². The normalized spacial score (nSPS) is 19.7. The molecule has 1 rings (SSSR count). The lowest BCUT2D eigenvalue weighted by molar-refractivity contribution is 0.276. The average Bonchev–Trinajstić information content (AvgIpc) is 2.40. The van der Waals surface area contributed by atoms with Crippen LogP contribution in [0.15, 0.2) is 0 Å². The molecule has 0 N–H and O–H groups in total. The van der Waals surface area contributed by atoms with Crippen molar-refractivity contribution in [3.63, 3.8) is 0 Å². The van der Waals surface area contributed by atoms with E-state index in [4.69, 9.17) is 0 Å². The van der Waals surface area contributed by atoms with Crippen LogP contribution in [0.25, 0.3) is 0 Å². The average molecular weight is 177 g/mol. The van der Waals surface area contributed by atoms with Gasteiger partial charge in [0.1, 0.15) is 0 Å². The highest BCUT2D eigenvalue weighted by atomic mass is 32.2. The maximum absolute atomic E-state index is 10.9. The molecule has 0 saturated carbocycles. The minimum absolute atomic E-state index is 0.210. The second-order valence-corrected chi connectivity index (χ2v) is 4.29. The fourth-order valence-electron chi connectivity index (χ4n) is 0.922. The predicted octanol–water partition coefficient (Wildman–Crippen LogP) is 2.21. The van der Waals surface area contributed by atoms with Crippen LogP contribution in [0.2, 0.25) is 0 Å². The first-order chi connectivity index (χ1) is 4.83. The SMILES string of the molecule is CSC(=O)SN1CCCC1. The van der Waals surface area contributed by atoms with Crippen molar-refractivity contribution >= 4 is 28.2 Å². The molecule has 4 heteroatoms. The van der Waals surface area contributed by atoms with E-state index in [-0.39, 0.29) is 4.45 Å². The van der Waals surface area contributed by atoms with Gasteiger partial charge in [-0.05, 0) is 19.1 Å². The summed E-state index contributed by atoms with van der Waals surface area (Å²) in [6.45, 7) is 2.16. The van der Waals surface area contributed by atoms with Crippen LogP contribution >= 0.6 is 23.7 Å². The van der Waals surface area contributed by atoms with Crippen molar-refractivity contribution in [3.8, 4) is 0 Å². The van der Waals surface area contributed by atoms with E-state index in [0.717, 1.165) is 13.1 Å². The third-order valence-corrected chi connectivity index (χ3v) is 3.26. The molecule has 10 heavy (non-hydrogen) atoms. The number of thioether (sulfide) groups is 1. The fraction of sp³-hybridized carbons (Fsp3) is 0.833. The molecule has 0 amide bonds. The number of rotatable bonds is 1. The maximum Gasteiger partial charge on any atom is 0.260 e. The summed E-state index contributed by atoms with van der Waals surface area (Å²) < 4.78 is 2.35. The number of hydrogen-bond acceptors (Lipinski definition) is 4. The van der Waals surface area contributed by atoms with Crippen molar-refractivity contribution in [1.29, 1.82) is 0 Å². The Balaban J connectivity index is 2.17. The van der Waals surface area contributed by atoms with Crippen molar-refractivity contribution in [2.45, 2.75) is 12.8 Å². The minimum atomic E-state index is 0.210. The molecule has 1 heterocycles. The fourth-order valence-corrected chi connectivity index (χ4v) is 2.19. The van der Waals surface area contributed by atoms with Crippen LogP contribution in [0.5, 0.6) is 0 Å². The molecule has 0 unspecified atom stereocenters. The third-order valence-electron chi connectivity index (χ3n) is 1.44. The quantitative estimate of drug-likeness (QED) is 0.572. The molecule has 58 valence electrons. The summed E-state index contributed by atoms with van der Waals surface area (Å²) in [6, 6.07) is 0. The summed E-state index contributed by atoms with van der Waals surface area (Å²) in [5.74, 6) is 0. The van der Waals surface area contributed by atoms with Crippen molar-refractivity contribution in [2.24, 2.45) is 0 Å². The molecule has 0 bridgehead atoms. The highest BCUT2D eigenvalue weighted by Gasteiger charge is 2.14. The zero-order chi connectivity index (χ0) is 7.40. The van der Waals surface area contributed by atoms with Gasteiger partial charge < -0.3 is 0 Å². The number of carbonyl (C=O) groups excluding carboxylic acids is 1. The van der Waals surface area contributed by atoms with Crippen molar-refractivity contribution in [3.05, 3.63) is 0 Å². The van der Waals surface area contributed by atoms with Gasteiger partial charge in [-0.15, -0.1) is 0 Å². The first-order valence-electron chi connectivity index (χ1n) is 3.34. The Bertz CT molecular complexity index is 123. The summed E-state index contributed by atoms with van der Waals surface area (Å²) in [7, 11) is 0. The summed E-state index contributed by atoms with van der Waals surface area (Å²) >= 11 is 2.66. The molecule has 0 radical (unpaired) electrons. The largest absolute Gasteiger partial charge is 0.273 e. The van der Waals surface area contributed by atoms with Crippen LogP contribution in [0.3, 0.4) is 0 Å². The van der Waals surface area contributed by atoms with Gasteiger partial charge in [-0.3, -0.25) is 4.79 Å². The Morgan fingerprint density at radius 2 is 2.00 bits per heavy atom. The highest BCUT2D eigenvalue weighted by molar-refractivity contribution is 8.37. The van der Waals surface area contributed by atoms with Gasteiger partial charge in [0.05, 0.1) is 0 Å². The van der Waals surface area contributed by atoms with Crippen LogP contribution in [-0.4, -0.2) is 28.1 Å². The second kappa shape index (κ2) is 4.26. The van der Waals surface area contributed by atoms with Crippen LogP contribution in [-0.2, 0) is 0 Å². The summed E-state index contributed by atoms with van der Waals surface area (Å²) in [5, 5.41) is 0. The molecule has 0 aromatic rings. The summed E-state index contributed by atoms with van der Waals surface area (Å²) in [5.41, 5.74) is 0. The molecule has 2 nitrogen and oxygen atoms in total. The Morgan fingerprint density at radius 1 is 1.40 bits per heavy atom. The van der Waals surface area contributed by atoms with Crippen molar-refractivity contribution in [1.82, 2.24) is 4.31 Å². The Morgan fingerprint density at radius 3 is 2.50 bits per heavy atom. The molecule has 1 fully saturated rings. The molecule has 0 atom stereocenters. The first kappa shape index (κ1) is 8.43. The number of nitrogens with zero attached hydrogens (tertiary/aromatic N) is 1. The van der Waals surface area contributed by atoms with E-state index >= 15 is 0 Å². The van der Waals surface area contributed by atoms with E-state index < -0.39 is 0 Å². The molecule has 0 aromatic carbocycles. The van der Waals surface area contributed by atoms with Gasteiger partial charge >= 0.3 is 0 Å². The van der Waals surface area contributed by atoms with E-state index in [1.165, 1.54) is 36.6 Å². The standard InChI is InChI=1S/C6H11NOS2/c1-9-6(8)10-7-4-2-3-5-7/h2-5H2,1H3. The summed E-state index contributed by atoms with van der Waals surface area (Å²) in [4.78, 5) is 10.9. The molecular formula is C6H11NOS2. The van der Waals surface area contributed by atoms with E-state index in [0.29, 0.717) is 0 Å². The summed E-state index contributed by atoms with van der Waals surface area (Å²) in [6.07, 6.45) is 4.31. The van der Waals surface area contributed by atoms with Crippen LogP contribution in [0, 0.1) is 0 Å². The second-order valence-electron chi connectivity index (χ2n) is 2.18. The van der Waals surface area contributed by atoms with Crippen LogP contribution in [0.1, 0.15) is 12.8 Å². The van der Waals surface area contributed by atoms with Crippen LogP contribution < -0.4 is 0 Å². The zero-order valence-corrected chi connectivity index (χ0v) is 7.63. The molecule has 1 aliphatic heterocycles. The van der Waals surface area contributed by atoms with Crippen molar-refractivity contribution in [2.75, 3.05) is 19.3 Å². The Hall–Kier alpha value is 0.330. The number of carbonyl (C=O) groups is 1. The van der Waals surface area contributed by atoms with E-state index in [9.17, 15) is 4.79 Å². The van der Waals surface area contributed by atoms with E-state index in [2.05, 4.69) is 4.31 Å². The predicted molar refractivity (Wildman–Crippen MR) is 47.3 cm³/mol. The molecular weight excluding hydrogens is 166 g/mol. The zero-order valence-electron chi connectivity index (χ0n) is 6.00. The molecule has 0 aliphatic carbocycles. The molecule has 1 aliphatic rings. The lowest BCUT2D eigenvalue weighted by Gasteiger charge is -2.09. The van der Waals surface area contributed by atoms with Gasteiger partial charge in [0.2, 0.25) is 0 Å². The third kappa shape index (κ3) is 2.52. The number of hydrogen-bond donors (Lipinski definition) is 0. The molecule has 0 spiro atoms. The van der Waals surface area contributed by atoms with E-state index in [1.807, 2.05) is 6.26 Å². The molecule has 1 saturated heterocycles. The first-order valence-corrected chi connectivity index (χ1v) is 5.33. The Labute approximate surface area is 69.9 Å². The Kier molecular flexibility index (Phi) is 3.59. The maximum atomic E-state index is 10.9. The van der Waals surface area contributed by atoms with E-state index in [1.54, 1.807) is 0 Å². The monoisotopic (exact) mass is 177 g/mol. The van der Waals surface area contributed by atoms with Gasteiger partial charge in [-0.1, -0.05) is 11.8 Å². The highest BCUT2D eigenvalue weighted by Crippen LogP contribution is 2.23. The van der Waals surface area contributed by atoms with Crippen molar-refractivity contribution < 1.29 is 4.79 Å². The lowest BCUT2D eigenvalue weighted by Crippen LogP contribution is -2.10. The smallest absolute Gasteiger partial charge is 0.260 e. The van der Waals surface area contributed by atoms with Gasteiger partial charge in [0.25, 0.3) is 4.45 Å². The van der Waals surface area contributed by atoms with Gasteiger partial charge in [-0.25, -0.2) is 4.31 Å². The van der Waals surface area contributed by atoms with Gasteiger partial charge in [-0.2, -0.15) is 0 Å².